The van der Waals surface area contributed by atoms with Gasteiger partial charge in [0, 0.05) is 6.07 Å². The molecule has 0 aliphatic carbocycles. The third-order valence-electron chi connectivity index (χ3n) is 2.24. The lowest BCUT2D eigenvalue weighted by molar-refractivity contribution is -0.146. The molecule has 0 saturated carbocycles. The van der Waals surface area contributed by atoms with Gasteiger partial charge in [0.2, 0.25) is 0 Å². The average Bonchev–Trinajstić information content (AvgIpc) is 2.39. The Morgan fingerprint density at radius 1 is 1.47 bits per heavy atom. The number of hydrogen-bond donors (Lipinski definition) is 2. The molecule has 104 valence electrons. The third kappa shape index (κ3) is 3.92. The SMILES string of the molecule is CCOC(=O)C(N)C(=O)Nc1ccc(F)cc1OC. The first-order valence-electron chi connectivity index (χ1n) is 5.56. The Labute approximate surface area is 109 Å². The predicted molar refractivity (Wildman–Crippen MR) is 66.2 cm³/mol. The minimum atomic E-state index is -1.45. The standard InChI is InChI=1S/C12H15FN2O4/c1-3-19-12(17)10(14)11(16)15-8-5-4-7(13)6-9(8)18-2/h4-6,10H,3,14H2,1-2H3,(H,15,16). The molecule has 1 amide bonds. The molecule has 1 atom stereocenters. The molecule has 0 spiro atoms. The highest BCUT2D eigenvalue weighted by molar-refractivity contribution is 6.08. The van der Waals surface area contributed by atoms with Gasteiger partial charge in [-0.1, -0.05) is 0 Å². The fourth-order valence-electron chi connectivity index (χ4n) is 1.32. The first-order chi connectivity index (χ1) is 8.99. The Balaban J connectivity index is 2.79. The molecule has 0 bridgehead atoms. The van der Waals surface area contributed by atoms with Crippen molar-refractivity contribution < 1.29 is 23.5 Å². The van der Waals surface area contributed by atoms with Gasteiger partial charge in [-0.05, 0) is 19.1 Å². The van der Waals surface area contributed by atoms with E-state index in [1.54, 1.807) is 6.92 Å². The van der Waals surface area contributed by atoms with Crippen LogP contribution in [-0.2, 0) is 14.3 Å². The summed E-state index contributed by atoms with van der Waals surface area (Å²) in [6, 6.07) is 2.11. The van der Waals surface area contributed by atoms with Crippen molar-refractivity contribution >= 4 is 17.6 Å². The maximum Gasteiger partial charge on any atom is 0.332 e. The van der Waals surface area contributed by atoms with E-state index in [-0.39, 0.29) is 18.0 Å². The molecule has 7 heteroatoms. The number of esters is 1. The molecule has 0 radical (unpaired) electrons. The fraction of sp³-hybridized carbons (Fsp3) is 0.333. The summed E-state index contributed by atoms with van der Waals surface area (Å²) >= 11 is 0. The fourth-order valence-corrected chi connectivity index (χ4v) is 1.32. The van der Waals surface area contributed by atoms with Gasteiger partial charge in [0.25, 0.3) is 5.91 Å². The highest BCUT2D eigenvalue weighted by Crippen LogP contribution is 2.24. The molecule has 0 aromatic heterocycles. The number of ether oxygens (including phenoxy) is 2. The highest BCUT2D eigenvalue weighted by Gasteiger charge is 2.24. The second-order valence-electron chi connectivity index (χ2n) is 3.56. The van der Waals surface area contributed by atoms with E-state index >= 15 is 0 Å². The summed E-state index contributed by atoms with van der Waals surface area (Å²) in [5, 5.41) is 2.37. The molecule has 0 fully saturated rings. The van der Waals surface area contributed by atoms with E-state index in [0.717, 1.165) is 12.1 Å². The lowest BCUT2D eigenvalue weighted by Crippen LogP contribution is -2.43. The largest absolute Gasteiger partial charge is 0.494 e. The number of nitrogens with two attached hydrogens (primary N) is 1. The zero-order valence-electron chi connectivity index (χ0n) is 10.6. The van der Waals surface area contributed by atoms with Crippen molar-refractivity contribution in [1.82, 2.24) is 0 Å². The highest BCUT2D eigenvalue weighted by atomic mass is 19.1. The summed E-state index contributed by atoms with van der Waals surface area (Å²) in [5.74, 6) is -1.97. The van der Waals surface area contributed by atoms with Crippen LogP contribution in [0.15, 0.2) is 18.2 Å². The van der Waals surface area contributed by atoms with Crippen molar-refractivity contribution in [2.45, 2.75) is 13.0 Å². The molecule has 0 aliphatic rings. The summed E-state index contributed by atoms with van der Waals surface area (Å²) in [6.45, 7) is 1.73. The molecule has 0 saturated heterocycles. The first-order valence-corrected chi connectivity index (χ1v) is 5.56. The zero-order chi connectivity index (χ0) is 14.4. The Bertz CT molecular complexity index is 479. The molecular formula is C12H15FN2O4. The van der Waals surface area contributed by atoms with Crippen molar-refractivity contribution in [2.24, 2.45) is 5.73 Å². The number of hydrogen-bond acceptors (Lipinski definition) is 5. The quantitative estimate of drug-likeness (QED) is 0.606. The van der Waals surface area contributed by atoms with Crippen LogP contribution in [0.5, 0.6) is 5.75 Å². The molecule has 6 nitrogen and oxygen atoms in total. The van der Waals surface area contributed by atoms with Crippen molar-refractivity contribution in [3.8, 4) is 5.75 Å². The molecule has 0 heterocycles. The average molecular weight is 270 g/mol. The second kappa shape index (κ2) is 6.69. The summed E-state index contributed by atoms with van der Waals surface area (Å²) in [5.41, 5.74) is 5.63. The number of carbonyl (C=O) groups is 2. The number of methoxy groups -OCH3 is 1. The molecule has 1 rings (SSSR count). The minimum absolute atomic E-state index is 0.125. The van der Waals surface area contributed by atoms with Crippen molar-refractivity contribution in [3.05, 3.63) is 24.0 Å². The van der Waals surface area contributed by atoms with Gasteiger partial charge in [0.1, 0.15) is 11.6 Å². The molecule has 19 heavy (non-hydrogen) atoms. The summed E-state index contributed by atoms with van der Waals surface area (Å²) < 4.78 is 22.5. The van der Waals surface area contributed by atoms with Gasteiger partial charge >= 0.3 is 5.97 Å². The van der Waals surface area contributed by atoms with Gasteiger partial charge < -0.3 is 20.5 Å². The topological polar surface area (TPSA) is 90.7 Å². The molecule has 1 aromatic carbocycles. The van der Waals surface area contributed by atoms with E-state index in [1.165, 1.54) is 13.2 Å². The van der Waals surface area contributed by atoms with Crippen LogP contribution in [0.3, 0.4) is 0 Å². The van der Waals surface area contributed by atoms with Gasteiger partial charge in [0.15, 0.2) is 6.04 Å². The van der Waals surface area contributed by atoms with Crippen molar-refractivity contribution in [3.63, 3.8) is 0 Å². The Kier molecular flexibility index (Phi) is 5.25. The van der Waals surface area contributed by atoms with Crippen molar-refractivity contribution in [1.29, 1.82) is 0 Å². The van der Waals surface area contributed by atoms with Crippen molar-refractivity contribution in [2.75, 3.05) is 19.0 Å². The predicted octanol–water partition coefficient (Wildman–Crippen LogP) is 0.663. The van der Waals surface area contributed by atoms with Crippen LogP contribution in [0.1, 0.15) is 6.92 Å². The molecule has 3 N–H and O–H groups in total. The lowest BCUT2D eigenvalue weighted by Gasteiger charge is -2.13. The monoisotopic (exact) mass is 270 g/mol. The number of amides is 1. The van der Waals surface area contributed by atoms with Crippen LogP contribution >= 0.6 is 0 Å². The second-order valence-corrected chi connectivity index (χ2v) is 3.56. The number of anilines is 1. The minimum Gasteiger partial charge on any atom is -0.494 e. The van der Waals surface area contributed by atoms with Crippen LogP contribution in [0.25, 0.3) is 0 Å². The molecular weight excluding hydrogens is 255 g/mol. The Hall–Kier alpha value is -2.15. The third-order valence-corrected chi connectivity index (χ3v) is 2.24. The maximum absolute atomic E-state index is 13.0. The van der Waals surface area contributed by atoms with Crippen LogP contribution in [0.2, 0.25) is 0 Å². The summed E-state index contributed by atoms with van der Waals surface area (Å²) in [6.07, 6.45) is 0. The van der Waals surface area contributed by atoms with Gasteiger partial charge in [0.05, 0.1) is 19.4 Å². The maximum atomic E-state index is 13.0. The van der Waals surface area contributed by atoms with E-state index < -0.39 is 23.7 Å². The lowest BCUT2D eigenvalue weighted by atomic mass is 10.2. The van der Waals surface area contributed by atoms with Gasteiger partial charge in [-0.25, -0.2) is 9.18 Å². The van der Waals surface area contributed by atoms with Crippen LogP contribution in [-0.4, -0.2) is 31.6 Å². The van der Waals surface area contributed by atoms with E-state index in [0.29, 0.717) is 0 Å². The number of benzene rings is 1. The van der Waals surface area contributed by atoms with Crippen LogP contribution in [0, 0.1) is 5.82 Å². The van der Waals surface area contributed by atoms with E-state index in [4.69, 9.17) is 10.5 Å². The number of rotatable bonds is 5. The van der Waals surface area contributed by atoms with Gasteiger partial charge in [-0.2, -0.15) is 0 Å². The smallest absolute Gasteiger partial charge is 0.332 e. The van der Waals surface area contributed by atoms with Gasteiger partial charge in [-0.15, -0.1) is 0 Å². The molecule has 1 unspecified atom stereocenters. The summed E-state index contributed by atoms with van der Waals surface area (Å²) in [4.78, 5) is 23.0. The van der Waals surface area contributed by atoms with Crippen LogP contribution in [0.4, 0.5) is 10.1 Å². The van der Waals surface area contributed by atoms with Crippen LogP contribution < -0.4 is 15.8 Å². The van der Waals surface area contributed by atoms with E-state index in [9.17, 15) is 14.0 Å². The normalized spacial score (nSPS) is 11.6. The van der Waals surface area contributed by atoms with E-state index in [2.05, 4.69) is 10.1 Å². The number of halogens is 1. The van der Waals surface area contributed by atoms with Gasteiger partial charge in [-0.3, -0.25) is 4.79 Å². The number of carbonyl (C=O) groups excluding carboxylic acids is 2. The molecule has 1 aromatic rings. The van der Waals surface area contributed by atoms with E-state index in [1.807, 2.05) is 0 Å². The molecule has 0 aliphatic heterocycles. The Morgan fingerprint density at radius 3 is 2.74 bits per heavy atom. The zero-order valence-corrected chi connectivity index (χ0v) is 10.6. The Morgan fingerprint density at radius 2 is 2.16 bits per heavy atom. The summed E-state index contributed by atoms with van der Waals surface area (Å²) in [7, 11) is 1.33. The first kappa shape index (κ1) is 14.9. The number of nitrogens with one attached hydrogen (secondary N) is 1.